The second kappa shape index (κ2) is 11.5. The minimum atomic E-state index is -4.51. The summed E-state index contributed by atoms with van der Waals surface area (Å²) >= 11 is 12.0. The van der Waals surface area contributed by atoms with Gasteiger partial charge in [-0.1, -0.05) is 41.4 Å². The SMILES string of the molecule is O=C(O)NC(CNC(=O)Cn1nc(-c2ccc(Cl)cc2)n(CCC(F)(F)F)c1=O)c1ccccc1Cl. The van der Waals surface area contributed by atoms with E-state index in [1.54, 1.807) is 24.3 Å². The zero-order valence-corrected chi connectivity index (χ0v) is 19.9. The fourth-order valence-corrected chi connectivity index (χ4v) is 3.74. The van der Waals surface area contributed by atoms with Crippen LogP contribution in [0.25, 0.3) is 11.4 Å². The number of amides is 2. The van der Waals surface area contributed by atoms with Crippen LogP contribution in [0, 0.1) is 0 Å². The monoisotopic (exact) mass is 545 g/mol. The van der Waals surface area contributed by atoms with Crippen molar-refractivity contribution in [2.45, 2.75) is 31.7 Å². The highest BCUT2D eigenvalue weighted by atomic mass is 35.5. The fourth-order valence-electron chi connectivity index (χ4n) is 3.35. The molecule has 2 amide bonds. The second-order valence-corrected chi connectivity index (χ2v) is 8.46. The first-order chi connectivity index (χ1) is 16.9. The number of benzene rings is 2. The normalized spacial score (nSPS) is 12.2. The number of nitrogens with one attached hydrogen (secondary N) is 2. The Morgan fingerprint density at radius 1 is 1.08 bits per heavy atom. The Bertz CT molecular complexity index is 1290. The average molecular weight is 546 g/mol. The molecule has 0 aliphatic carbocycles. The van der Waals surface area contributed by atoms with Gasteiger partial charge in [-0.3, -0.25) is 9.36 Å². The molecule has 1 unspecified atom stereocenters. The second-order valence-electron chi connectivity index (χ2n) is 7.62. The van der Waals surface area contributed by atoms with Gasteiger partial charge >= 0.3 is 18.0 Å². The molecule has 0 aliphatic heterocycles. The number of hydrogen-bond donors (Lipinski definition) is 3. The minimum Gasteiger partial charge on any atom is -0.465 e. The van der Waals surface area contributed by atoms with E-state index in [4.69, 9.17) is 28.3 Å². The number of alkyl halides is 3. The summed E-state index contributed by atoms with van der Waals surface area (Å²) in [7, 11) is 0. The fraction of sp³-hybridized carbons (Fsp3) is 0.273. The van der Waals surface area contributed by atoms with Crippen LogP contribution in [0.2, 0.25) is 10.0 Å². The standard InChI is InChI=1S/C22H20Cl2F3N5O4/c23-14-7-5-13(6-8-14)19-30-32(21(36)31(19)10-9-22(25,26)27)12-18(33)28-11-17(29-20(34)35)15-3-1-2-4-16(15)24/h1-8,17,29H,9-12H2,(H,28,33)(H,34,35). The Morgan fingerprint density at radius 3 is 2.36 bits per heavy atom. The van der Waals surface area contributed by atoms with E-state index >= 15 is 0 Å². The number of halogens is 5. The average Bonchev–Trinajstić information content (AvgIpc) is 3.10. The number of carbonyl (C=O) groups is 2. The van der Waals surface area contributed by atoms with E-state index in [-0.39, 0.29) is 17.4 Å². The Hall–Kier alpha value is -3.51. The summed E-state index contributed by atoms with van der Waals surface area (Å²) in [5.74, 6) is -0.778. The van der Waals surface area contributed by atoms with Crippen LogP contribution in [0.3, 0.4) is 0 Å². The molecule has 0 saturated heterocycles. The molecule has 0 fully saturated rings. The summed E-state index contributed by atoms with van der Waals surface area (Å²) in [6, 6.07) is 11.5. The molecule has 0 saturated carbocycles. The van der Waals surface area contributed by atoms with Crippen molar-refractivity contribution in [2.75, 3.05) is 6.54 Å². The lowest BCUT2D eigenvalue weighted by Gasteiger charge is -2.19. The van der Waals surface area contributed by atoms with Crippen molar-refractivity contribution in [3.8, 4) is 11.4 Å². The van der Waals surface area contributed by atoms with Gasteiger partial charge in [0.25, 0.3) is 0 Å². The lowest BCUT2D eigenvalue weighted by molar-refractivity contribution is -0.136. The predicted molar refractivity (Wildman–Crippen MR) is 126 cm³/mol. The van der Waals surface area contributed by atoms with Gasteiger partial charge in [-0.15, -0.1) is 5.10 Å². The summed E-state index contributed by atoms with van der Waals surface area (Å²) in [6.07, 6.45) is -7.13. The first-order valence-electron chi connectivity index (χ1n) is 10.5. The van der Waals surface area contributed by atoms with E-state index in [9.17, 15) is 27.6 Å². The molecule has 3 N–H and O–H groups in total. The Kier molecular flexibility index (Phi) is 8.64. The van der Waals surface area contributed by atoms with Crippen molar-refractivity contribution in [1.29, 1.82) is 0 Å². The van der Waals surface area contributed by atoms with Crippen molar-refractivity contribution in [3.05, 3.63) is 74.6 Å². The molecule has 2 aromatic carbocycles. The van der Waals surface area contributed by atoms with Gasteiger partial charge < -0.3 is 15.7 Å². The highest BCUT2D eigenvalue weighted by Gasteiger charge is 2.29. The third-order valence-corrected chi connectivity index (χ3v) is 5.62. The molecular weight excluding hydrogens is 526 g/mol. The lowest BCUT2D eigenvalue weighted by atomic mass is 10.1. The van der Waals surface area contributed by atoms with E-state index < -0.39 is 49.4 Å². The molecule has 0 radical (unpaired) electrons. The third-order valence-electron chi connectivity index (χ3n) is 5.02. The molecule has 0 bridgehead atoms. The maximum Gasteiger partial charge on any atom is 0.405 e. The molecule has 3 rings (SSSR count). The Labute approximate surface area is 212 Å². The Morgan fingerprint density at radius 2 is 1.75 bits per heavy atom. The number of carboxylic acid groups (broad SMARTS) is 1. The van der Waals surface area contributed by atoms with Crippen LogP contribution in [-0.4, -0.2) is 44.2 Å². The van der Waals surface area contributed by atoms with Gasteiger partial charge in [-0.05, 0) is 35.9 Å². The van der Waals surface area contributed by atoms with Gasteiger partial charge in [0, 0.05) is 28.7 Å². The molecule has 0 spiro atoms. The van der Waals surface area contributed by atoms with Gasteiger partial charge in [0.15, 0.2) is 5.82 Å². The number of rotatable bonds is 9. The first-order valence-corrected chi connectivity index (χ1v) is 11.2. The molecule has 1 heterocycles. The van der Waals surface area contributed by atoms with Crippen LogP contribution in [0.1, 0.15) is 18.0 Å². The van der Waals surface area contributed by atoms with Gasteiger partial charge in [0.2, 0.25) is 5.91 Å². The van der Waals surface area contributed by atoms with Crippen molar-refractivity contribution in [3.63, 3.8) is 0 Å². The van der Waals surface area contributed by atoms with Crippen LogP contribution in [0.5, 0.6) is 0 Å². The smallest absolute Gasteiger partial charge is 0.405 e. The van der Waals surface area contributed by atoms with Crippen LogP contribution in [0.4, 0.5) is 18.0 Å². The van der Waals surface area contributed by atoms with Gasteiger partial charge in [-0.2, -0.15) is 13.2 Å². The predicted octanol–water partition coefficient (Wildman–Crippen LogP) is 4.10. The number of hydrogen-bond acceptors (Lipinski definition) is 4. The molecule has 14 heteroatoms. The summed E-state index contributed by atoms with van der Waals surface area (Å²) in [4.78, 5) is 36.6. The van der Waals surface area contributed by atoms with Crippen LogP contribution >= 0.6 is 23.2 Å². The molecule has 3 aromatic rings. The van der Waals surface area contributed by atoms with Crippen LogP contribution < -0.4 is 16.3 Å². The molecule has 9 nitrogen and oxygen atoms in total. The quantitative estimate of drug-likeness (QED) is 0.374. The van der Waals surface area contributed by atoms with E-state index in [2.05, 4.69) is 15.7 Å². The summed E-state index contributed by atoms with van der Waals surface area (Å²) in [5.41, 5.74) is -0.159. The van der Waals surface area contributed by atoms with Crippen LogP contribution in [0.15, 0.2) is 53.3 Å². The number of aromatic nitrogens is 3. The van der Waals surface area contributed by atoms with Crippen molar-refractivity contribution in [2.24, 2.45) is 0 Å². The summed E-state index contributed by atoms with van der Waals surface area (Å²) in [6.45, 7) is -1.51. The highest BCUT2D eigenvalue weighted by molar-refractivity contribution is 6.31. The van der Waals surface area contributed by atoms with E-state index in [1.165, 1.54) is 24.3 Å². The van der Waals surface area contributed by atoms with Gasteiger partial charge in [0.05, 0.1) is 12.5 Å². The van der Waals surface area contributed by atoms with E-state index in [0.717, 1.165) is 9.25 Å². The van der Waals surface area contributed by atoms with Gasteiger partial charge in [0.1, 0.15) is 6.54 Å². The maximum atomic E-state index is 12.8. The summed E-state index contributed by atoms with van der Waals surface area (Å²) < 4.78 is 40.1. The lowest BCUT2D eigenvalue weighted by Crippen LogP contribution is -2.40. The molecule has 36 heavy (non-hydrogen) atoms. The largest absolute Gasteiger partial charge is 0.465 e. The van der Waals surface area contributed by atoms with Crippen LogP contribution in [-0.2, 0) is 17.9 Å². The van der Waals surface area contributed by atoms with Crippen molar-refractivity contribution < 1.29 is 27.9 Å². The Balaban J connectivity index is 1.81. The number of nitrogens with zero attached hydrogens (tertiary/aromatic N) is 3. The van der Waals surface area contributed by atoms with E-state index in [1.807, 2.05) is 0 Å². The molecule has 192 valence electrons. The zero-order chi connectivity index (χ0) is 26.5. The zero-order valence-electron chi connectivity index (χ0n) is 18.4. The number of carbonyl (C=O) groups excluding carboxylic acids is 1. The van der Waals surface area contributed by atoms with Gasteiger partial charge in [-0.25, -0.2) is 14.3 Å². The minimum absolute atomic E-state index is 0.0600. The maximum absolute atomic E-state index is 12.8. The molecular formula is C22H20Cl2F3N5O4. The summed E-state index contributed by atoms with van der Waals surface area (Å²) in [5, 5.41) is 18.6. The van der Waals surface area contributed by atoms with E-state index in [0.29, 0.717) is 16.1 Å². The van der Waals surface area contributed by atoms with Crippen molar-refractivity contribution >= 4 is 35.2 Å². The third kappa shape index (κ3) is 7.25. The van der Waals surface area contributed by atoms with Crippen molar-refractivity contribution in [1.82, 2.24) is 25.0 Å². The highest BCUT2D eigenvalue weighted by Crippen LogP contribution is 2.24. The molecule has 1 aromatic heterocycles. The first kappa shape index (κ1) is 27.1. The molecule has 0 aliphatic rings. The topological polar surface area (TPSA) is 118 Å². The molecule has 1 atom stereocenters.